The number of nitrogens with one attached hydrogen (secondary N) is 1. The largest absolute Gasteiger partial charge is 0.493 e. The summed E-state index contributed by atoms with van der Waals surface area (Å²) in [5.41, 5.74) is 3.45. The Morgan fingerprint density at radius 3 is 3.18 bits per heavy atom. The average Bonchev–Trinajstić information content (AvgIpc) is 3.18. The zero-order valence-electron chi connectivity index (χ0n) is 12.5. The summed E-state index contributed by atoms with van der Waals surface area (Å²) in [5, 5.41) is 12.0. The molecule has 4 rings (SSSR count). The van der Waals surface area contributed by atoms with Gasteiger partial charge in [0.2, 0.25) is 0 Å². The molecule has 5 nitrogen and oxygen atoms in total. The lowest BCUT2D eigenvalue weighted by Gasteiger charge is -2.13. The van der Waals surface area contributed by atoms with Crippen LogP contribution in [0.1, 0.15) is 29.9 Å². The van der Waals surface area contributed by atoms with E-state index in [1.165, 1.54) is 11.1 Å². The van der Waals surface area contributed by atoms with E-state index in [1.54, 1.807) is 0 Å². The maximum atomic E-state index is 5.54. The number of hydrogen-bond acceptors (Lipinski definition) is 4. The van der Waals surface area contributed by atoms with E-state index in [4.69, 9.17) is 4.74 Å². The number of pyridine rings is 1. The molecule has 5 heteroatoms. The quantitative estimate of drug-likeness (QED) is 0.803. The molecule has 0 aliphatic carbocycles. The number of fused-ring (bicyclic) bond motifs is 2. The fourth-order valence-corrected chi connectivity index (χ4v) is 2.87. The number of aromatic nitrogens is 3. The molecule has 0 radical (unpaired) electrons. The van der Waals surface area contributed by atoms with Crippen LogP contribution in [0, 0.1) is 0 Å². The third kappa shape index (κ3) is 2.33. The van der Waals surface area contributed by atoms with Gasteiger partial charge in [-0.05, 0) is 36.2 Å². The molecule has 22 heavy (non-hydrogen) atoms. The van der Waals surface area contributed by atoms with Crippen LogP contribution in [0.15, 0.2) is 42.6 Å². The minimum Gasteiger partial charge on any atom is -0.493 e. The Morgan fingerprint density at radius 1 is 1.27 bits per heavy atom. The van der Waals surface area contributed by atoms with E-state index in [0.717, 1.165) is 36.8 Å². The highest BCUT2D eigenvalue weighted by atomic mass is 16.5. The number of rotatable bonds is 4. The fraction of sp³-hybridized carbons (Fsp3) is 0.294. The molecule has 1 aromatic carbocycles. The summed E-state index contributed by atoms with van der Waals surface area (Å²) in [6.45, 7) is 3.71. The minimum atomic E-state index is 0.127. The summed E-state index contributed by atoms with van der Waals surface area (Å²) in [7, 11) is 0. The lowest BCUT2D eigenvalue weighted by molar-refractivity contribution is 0.357. The summed E-state index contributed by atoms with van der Waals surface area (Å²) in [6, 6.07) is 12.5. The van der Waals surface area contributed by atoms with E-state index >= 15 is 0 Å². The van der Waals surface area contributed by atoms with Crippen molar-refractivity contribution < 1.29 is 4.74 Å². The molecule has 0 fully saturated rings. The van der Waals surface area contributed by atoms with Gasteiger partial charge in [0.05, 0.1) is 12.6 Å². The van der Waals surface area contributed by atoms with Gasteiger partial charge in [0.15, 0.2) is 11.5 Å². The first kappa shape index (κ1) is 13.3. The van der Waals surface area contributed by atoms with Crippen molar-refractivity contribution in [2.75, 3.05) is 6.61 Å². The molecule has 1 atom stereocenters. The highest BCUT2D eigenvalue weighted by molar-refractivity contribution is 5.40. The lowest BCUT2D eigenvalue weighted by Crippen LogP contribution is -2.20. The average molecular weight is 294 g/mol. The summed E-state index contributed by atoms with van der Waals surface area (Å²) >= 11 is 0. The molecule has 1 unspecified atom stereocenters. The van der Waals surface area contributed by atoms with Crippen molar-refractivity contribution in [2.24, 2.45) is 0 Å². The van der Waals surface area contributed by atoms with Gasteiger partial charge in [-0.3, -0.25) is 4.40 Å². The van der Waals surface area contributed by atoms with E-state index in [2.05, 4.69) is 40.6 Å². The Labute approximate surface area is 128 Å². The van der Waals surface area contributed by atoms with Crippen molar-refractivity contribution in [3.8, 4) is 5.75 Å². The Balaban J connectivity index is 1.49. The number of benzene rings is 1. The molecular formula is C17H18N4O. The minimum absolute atomic E-state index is 0.127. The summed E-state index contributed by atoms with van der Waals surface area (Å²) < 4.78 is 7.57. The van der Waals surface area contributed by atoms with Crippen LogP contribution < -0.4 is 10.1 Å². The normalized spacial score (nSPS) is 14.8. The SMILES string of the molecule is CC(NCc1ccc2c(c1)CCO2)c1nnc2ccccn12. The molecule has 0 saturated carbocycles. The van der Waals surface area contributed by atoms with Crippen molar-refractivity contribution in [2.45, 2.75) is 25.9 Å². The Hall–Kier alpha value is -2.40. The second-order valence-electron chi connectivity index (χ2n) is 5.63. The molecule has 3 aromatic rings. The zero-order valence-corrected chi connectivity index (χ0v) is 12.5. The Kier molecular flexibility index (Phi) is 3.27. The first-order valence-corrected chi connectivity index (χ1v) is 7.59. The second-order valence-corrected chi connectivity index (χ2v) is 5.63. The molecule has 0 saturated heterocycles. The van der Waals surface area contributed by atoms with Gasteiger partial charge in [-0.2, -0.15) is 0 Å². The van der Waals surface area contributed by atoms with Gasteiger partial charge in [-0.15, -0.1) is 10.2 Å². The van der Waals surface area contributed by atoms with E-state index in [9.17, 15) is 0 Å². The van der Waals surface area contributed by atoms with Crippen LogP contribution in [-0.4, -0.2) is 21.2 Å². The van der Waals surface area contributed by atoms with Crippen LogP contribution in [0.25, 0.3) is 5.65 Å². The summed E-state index contributed by atoms with van der Waals surface area (Å²) in [6.07, 6.45) is 3.00. The third-order valence-corrected chi connectivity index (χ3v) is 4.09. The predicted molar refractivity (Wildman–Crippen MR) is 83.9 cm³/mol. The van der Waals surface area contributed by atoms with Gasteiger partial charge in [-0.25, -0.2) is 0 Å². The molecule has 1 aliphatic heterocycles. The van der Waals surface area contributed by atoms with E-state index in [-0.39, 0.29) is 6.04 Å². The number of nitrogens with zero attached hydrogens (tertiary/aromatic N) is 3. The van der Waals surface area contributed by atoms with E-state index < -0.39 is 0 Å². The number of hydrogen-bond donors (Lipinski definition) is 1. The maximum absolute atomic E-state index is 5.54. The highest BCUT2D eigenvalue weighted by Gasteiger charge is 2.14. The zero-order chi connectivity index (χ0) is 14.9. The van der Waals surface area contributed by atoms with Crippen LogP contribution in [0.3, 0.4) is 0 Å². The Bertz CT molecular complexity index is 811. The second kappa shape index (κ2) is 5.42. The van der Waals surface area contributed by atoms with Crippen LogP contribution >= 0.6 is 0 Å². The van der Waals surface area contributed by atoms with Gasteiger partial charge >= 0.3 is 0 Å². The first-order valence-electron chi connectivity index (χ1n) is 7.59. The standard InChI is InChI=1S/C17H18N4O/c1-12(17-20-19-16-4-2-3-8-21(16)17)18-11-13-5-6-15-14(10-13)7-9-22-15/h2-6,8,10,12,18H,7,9,11H2,1H3. The summed E-state index contributed by atoms with van der Waals surface area (Å²) in [5.74, 6) is 1.96. The van der Waals surface area contributed by atoms with Crippen molar-refractivity contribution in [1.29, 1.82) is 0 Å². The first-order chi connectivity index (χ1) is 10.8. The monoisotopic (exact) mass is 294 g/mol. The molecular weight excluding hydrogens is 276 g/mol. The van der Waals surface area contributed by atoms with E-state index in [0.29, 0.717) is 0 Å². The molecule has 1 aliphatic rings. The van der Waals surface area contributed by atoms with Crippen molar-refractivity contribution >= 4 is 5.65 Å². The highest BCUT2D eigenvalue weighted by Crippen LogP contribution is 2.26. The van der Waals surface area contributed by atoms with Gasteiger partial charge in [0, 0.05) is 19.2 Å². The third-order valence-electron chi connectivity index (χ3n) is 4.09. The molecule has 0 spiro atoms. The van der Waals surface area contributed by atoms with Crippen LogP contribution in [-0.2, 0) is 13.0 Å². The van der Waals surface area contributed by atoms with Gasteiger partial charge in [0.25, 0.3) is 0 Å². The number of ether oxygens (including phenoxy) is 1. The lowest BCUT2D eigenvalue weighted by atomic mass is 10.1. The molecule has 112 valence electrons. The topological polar surface area (TPSA) is 51.5 Å². The van der Waals surface area contributed by atoms with E-state index in [1.807, 2.05) is 28.8 Å². The van der Waals surface area contributed by atoms with Gasteiger partial charge < -0.3 is 10.1 Å². The molecule has 1 N–H and O–H groups in total. The molecule has 0 bridgehead atoms. The van der Waals surface area contributed by atoms with Crippen molar-refractivity contribution in [3.05, 3.63) is 59.5 Å². The van der Waals surface area contributed by atoms with Gasteiger partial charge in [-0.1, -0.05) is 18.2 Å². The predicted octanol–water partition coefficient (Wildman–Crippen LogP) is 2.52. The molecule has 0 amide bonds. The van der Waals surface area contributed by atoms with Crippen molar-refractivity contribution in [1.82, 2.24) is 19.9 Å². The summed E-state index contributed by atoms with van der Waals surface area (Å²) in [4.78, 5) is 0. The molecule has 2 aromatic heterocycles. The maximum Gasteiger partial charge on any atom is 0.160 e. The van der Waals surface area contributed by atoms with Gasteiger partial charge in [0.1, 0.15) is 5.75 Å². The Morgan fingerprint density at radius 2 is 2.23 bits per heavy atom. The molecule has 3 heterocycles. The van der Waals surface area contributed by atoms with Crippen LogP contribution in [0.2, 0.25) is 0 Å². The van der Waals surface area contributed by atoms with Crippen LogP contribution in [0.4, 0.5) is 0 Å². The fourth-order valence-electron chi connectivity index (χ4n) is 2.87. The van der Waals surface area contributed by atoms with Crippen LogP contribution in [0.5, 0.6) is 5.75 Å². The smallest absolute Gasteiger partial charge is 0.160 e. The van der Waals surface area contributed by atoms with Crippen molar-refractivity contribution in [3.63, 3.8) is 0 Å².